The Labute approximate surface area is 178 Å². The Bertz CT molecular complexity index is 1060. The number of carbonyl (C=O) groups is 3. The number of primary amides is 1. The van der Waals surface area contributed by atoms with Gasteiger partial charge in [0.05, 0.1) is 5.75 Å². The fraction of sp³-hybridized carbons (Fsp3) is 0.0870. The number of hydrogen-bond donors (Lipinski definition) is 3. The Morgan fingerprint density at radius 3 is 2.17 bits per heavy atom. The lowest BCUT2D eigenvalue weighted by Crippen LogP contribution is -2.15. The van der Waals surface area contributed by atoms with Crippen LogP contribution in [-0.4, -0.2) is 23.5 Å². The van der Waals surface area contributed by atoms with Crippen LogP contribution in [0.15, 0.2) is 77.7 Å². The summed E-state index contributed by atoms with van der Waals surface area (Å²) in [5.74, 6) is -0.680. The number of hydrogen-bond acceptors (Lipinski definition) is 4. The smallest absolute Gasteiger partial charge is 0.255 e. The number of amides is 3. The van der Waals surface area contributed by atoms with Crippen molar-refractivity contribution < 1.29 is 14.4 Å². The number of benzene rings is 3. The molecule has 0 saturated carbocycles. The van der Waals surface area contributed by atoms with E-state index in [0.29, 0.717) is 22.5 Å². The molecule has 0 spiro atoms. The SMILES string of the molecule is Cc1ccc(C(=O)Nc2cccc(SCC(=O)Nc3ccc(C(N)=O)cc3)c2)cc1. The van der Waals surface area contributed by atoms with Gasteiger partial charge in [-0.05, 0) is 61.5 Å². The Morgan fingerprint density at radius 1 is 0.833 bits per heavy atom. The van der Waals surface area contributed by atoms with E-state index < -0.39 is 5.91 Å². The monoisotopic (exact) mass is 419 g/mol. The second kappa shape index (κ2) is 9.76. The van der Waals surface area contributed by atoms with Gasteiger partial charge in [-0.25, -0.2) is 0 Å². The van der Waals surface area contributed by atoms with Gasteiger partial charge in [0.15, 0.2) is 0 Å². The highest BCUT2D eigenvalue weighted by atomic mass is 32.2. The third-order valence-corrected chi connectivity index (χ3v) is 5.22. The zero-order valence-electron chi connectivity index (χ0n) is 16.3. The molecule has 0 aliphatic heterocycles. The summed E-state index contributed by atoms with van der Waals surface area (Å²) >= 11 is 1.36. The topological polar surface area (TPSA) is 101 Å². The van der Waals surface area contributed by atoms with Crippen LogP contribution < -0.4 is 16.4 Å². The minimum Gasteiger partial charge on any atom is -0.366 e. The molecule has 0 fully saturated rings. The minimum atomic E-state index is -0.516. The molecule has 0 aromatic heterocycles. The van der Waals surface area contributed by atoms with Gasteiger partial charge in [-0.3, -0.25) is 14.4 Å². The molecule has 4 N–H and O–H groups in total. The molecule has 6 nitrogen and oxygen atoms in total. The zero-order valence-corrected chi connectivity index (χ0v) is 17.2. The van der Waals surface area contributed by atoms with Crippen LogP contribution in [-0.2, 0) is 4.79 Å². The Morgan fingerprint density at radius 2 is 1.50 bits per heavy atom. The molecule has 3 aromatic rings. The standard InChI is InChI=1S/C23H21N3O3S/c1-15-5-7-17(8-6-15)23(29)26-19-3-2-4-20(13-19)30-14-21(27)25-18-11-9-16(10-12-18)22(24)28/h2-13H,14H2,1H3,(H2,24,28)(H,25,27)(H,26,29). The zero-order chi connectivity index (χ0) is 21.5. The van der Waals surface area contributed by atoms with Crippen molar-refractivity contribution in [2.75, 3.05) is 16.4 Å². The lowest BCUT2D eigenvalue weighted by Gasteiger charge is -2.08. The molecule has 0 radical (unpaired) electrons. The molecule has 3 aromatic carbocycles. The van der Waals surface area contributed by atoms with Crippen LogP contribution in [0.2, 0.25) is 0 Å². The molecule has 0 bridgehead atoms. The fourth-order valence-electron chi connectivity index (χ4n) is 2.64. The molecule has 0 unspecified atom stereocenters. The van der Waals surface area contributed by atoms with Gasteiger partial charge >= 0.3 is 0 Å². The van der Waals surface area contributed by atoms with Gasteiger partial charge in [-0.2, -0.15) is 0 Å². The van der Waals surface area contributed by atoms with E-state index >= 15 is 0 Å². The number of thioether (sulfide) groups is 1. The summed E-state index contributed by atoms with van der Waals surface area (Å²) in [6.07, 6.45) is 0. The molecule has 0 atom stereocenters. The lowest BCUT2D eigenvalue weighted by molar-refractivity contribution is -0.113. The normalized spacial score (nSPS) is 10.3. The fourth-order valence-corrected chi connectivity index (χ4v) is 3.39. The van der Waals surface area contributed by atoms with Gasteiger partial charge < -0.3 is 16.4 Å². The van der Waals surface area contributed by atoms with Crippen molar-refractivity contribution >= 4 is 40.9 Å². The maximum Gasteiger partial charge on any atom is 0.255 e. The van der Waals surface area contributed by atoms with Crippen molar-refractivity contribution in [3.05, 3.63) is 89.5 Å². The van der Waals surface area contributed by atoms with E-state index in [4.69, 9.17) is 5.73 Å². The number of aryl methyl sites for hydroxylation is 1. The molecule has 7 heteroatoms. The summed E-state index contributed by atoms with van der Waals surface area (Å²) in [7, 11) is 0. The van der Waals surface area contributed by atoms with Crippen LogP contribution in [0.1, 0.15) is 26.3 Å². The third-order valence-electron chi connectivity index (χ3n) is 4.23. The molecular weight excluding hydrogens is 398 g/mol. The van der Waals surface area contributed by atoms with Gasteiger partial charge in [0, 0.05) is 27.4 Å². The Hall–Kier alpha value is -3.58. The molecule has 0 heterocycles. The first kappa shape index (κ1) is 21.1. The van der Waals surface area contributed by atoms with E-state index in [0.717, 1.165) is 10.5 Å². The number of nitrogens with one attached hydrogen (secondary N) is 2. The first-order valence-electron chi connectivity index (χ1n) is 9.21. The number of anilines is 2. The third kappa shape index (κ3) is 5.96. The highest BCUT2D eigenvalue weighted by molar-refractivity contribution is 8.00. The largest absolute Gasteiger partial charge is 0.366 e. The molecule has 30 heavy (non-hydrogen) atoms. The summed E-state index contributed by atoms with van der Waals surface area (Å²) in [5, 5.41) is 5.64. The predicted molar refractivity (Wildman–Crippen MR) is 120 cm³/mol. The average molecular weight is 420 g/mol. The van der Waals surface area contributed by atoms with Gasteiger partial charge in [0.2, 0.25) is 11.8 Å². The summed E-state index contributed by atoms with van der Waals surface area (Å²) in [6, 6.07) is 21.1. The predicted octanol–water partition coefficient (Wildman–Crippen LogP) is 4.08. The average Bonchev–Trinajstić information content (AvgIpc) is 2.73. The van der Waals surface area contributed by atoms with Crippen LogP contribution in [0, 0.1) is 6.92 Å². The van der Waals surface area contributed by atoms with Crippen molar-refractivity contribution in [3.63, 3.8) is 0 Å². The van der Waals surface area contributed by atoms with E-state index in [2.05, 4.69) is 10.6 Å². The van der Waals surface area contributed by atoms with Crippen LogP contribution >= 0.6 is 11.8 Å². The molecule has 3 amide bonds. The molecule has 152 valence electrons. The van der Waals surface area contributed by atoms with Crippen molar-refractivity contribution in [1.82, 2.24) is 0 Å². The Balaban J connectivity index is 1.54. The Kier molecular flexibility index (Phi) is 6.87. The van der Waals surface area contributed by atoms with Crippen molar-refractivity contribution in [2.45, 2.75) is 11.8 Å². The van der Waals surface area contributed by atoms with E-state index in [9.17, 15) is 14.4 Å². The summed E-state index contributed by atoms with van der Waals surface area (Å²) < 4.78 is 0. The second-order valence-electron chi connectivity index (χ2n) is 6.63. The van der Waals surface area contributed by atoms with Gasteiger partial charge in [0.1, 0.15) is 0 Å². The highest BCUT2D eigenvalue weighted by Gasteiger charge is 2.08. The number of rotatable bonds is 7. The van der Waals surface area contributed by atoms with Crippen LogP contribution in [0.4, 0.5) is 11.4 Å². The maximum atomic E-state index is 12.4. The van der Waals surface area contributed by atoms with E-state index in [1.54, 1.807) is 42.5 Å². The van der Waals surface area contributed by atoms with Crippen LogP contribution in [0.3, 0.4) is 0 Å². The minimum absolute atomic E-state index is 0.180. The molecule has 0 saturated heterocycles. The van der Waals surface area contributed by atoms with Gasteiger partial charge in [-0.15, -0.1) is 11.8 Å². The van der Waals surface area contributed by atoms with Gasteiger partial charge in [0.25, 0.3) is 5.91 Å². The second-order valence-corrected chi connectivity index (χ2v) is 7.68. The van der Waals surface area contributed by atoms with Crippen molar-refractivity contribution in [3.8, 4) is 0 Å². The first-order chi connectivity index (χ1) is 14.4. The molecule has 3 rings (SSSR count). The lowest BCUT2D eigenvalue weighted by atomic mass is 10.1. The molecule has 0 aliphatic rings. The first-order valence-corrected chi connectivity index (χ1v) is 10.2. The molecule has 0 aliphatic carbocycles. The summed E-state index contributed by atoms with van der Waals surface area (Å²) in [5.41, 5.74) is 8.51. The molecular formula is C23H21N3O3S. The van der Waals surface area contributed by atoms with E-state index in [1.165, 1.54) is 11.8 Å². The van der Waals surface area contributed by atoms with Crippen LogP contribution in [0.25, 0.3) is 0 Å². The van der Waals surface area contributed by atoms with E-state index in [-0.39, 0.29) is 17.6 Å². The van der Waals surface area contributed by atoms with E-state index in [1.807, 2.05) is 37.3 Å². The summed E-state index contributed by atoms with van der Waals surface area (Å²) in [6.45, 7) is 1.97. The van der Waals surface area contributed by atoms with Crippen LogP contribution in [0.5, 0.6) is 0 Å². The van der Waals surface area contributed by atoms with Gasteiger partial charge in [-0.1, -0.05) is 23.8 Å². The number of nitrogens with two attached hydrogens (primary N) is 1. The quantitative estimate of drug-likeness (QED) is 0.502. The van der Waals surface area contributed by atoms with Crippen molar-refractivity contribution in [1.29, 1.82) is 0 Å². The number of carbonyl (C=O) groups excluding carboxylic acids is 3. The summed E-state index contributed by atoms with van der Waals surface area (Å²) in [4.78, 5) is 36.5. The highest BCUT2D eigenvalue weighted by Crippen LogP contribution is 2.22. The van der Waals surface area contributed by atoms with Crippen molar-refractivity contribution in [2.24, 2.45) is 5.73 Å². The maximum absolute atomic E-state index is 12.4.